The van der Waals surface area contributed by atoms with E-state index in [0.717, 1.165) is 22.2 Å². The van der Waals surface area contributed by atoms with Gasteiger partial charge in [0.1, 0.15) is 29.4 Å². The van der Waals surface area contributed by atoms with Gasteiger partial charge in [0, 0.05) is 23.9 Å². The van der Waals surface area contributed by atoms with Crippen molar-refractivity contribution in [1.82, 2.24) is 19.6 Å². The third-order valence-corrected chi connectivity index (χ3v) is 6.71. The van der Waals surface area contributed by atoms with Crippen molar-refractivity contribution in [3.8, 4) is 39.4 Å². The van der Waals surface area contributed by atoms with Gasteiger partial charge in [0.25, 0.3) is 5.19 Å². The average molecular weight is 519 g/mol. The first-order valence-corrected chi connectivity index (χ1v) is 12.1. The van der Waals surface area contributed by atoms with Gasteiger partial charge in [-0.05, 0) is 41.2 Å². The first kappa shape index (κ1) is 22.4. The molecule has 4 heterocycles. The Hall–Kier alpha value is -4.08. The smallest absolute Gasteiger partial charge is 0.294 e. The Balaban J connectivity index is 1.30. The molecule has 4 aromatic heterocycles. The fraction of sp³-hybridized carbons (Fsp3) is 0.115. The lowest BCUT2D eigenvalue weighted by molar-refractivity contribution is 0.307. The van der Waals surface area contributed by atoms with Crippen LogP contribution in [0.4, 0.5) is 0 Å². The molecule has 6 rings (SSSR count). The van der Waals surface area contributed by atoms with Crippen molar-refractivity contribution in [2.45, 2.75) is 6.61 Å². The van der Waals surface area contributed by atoms with Crippen LogP contribution in [0.25, 0.3) is 38.6 Å². The molecule has 0 aliphatic heterocycles. The lowest BCUT2D eigenvalue weighted by Crippen LogP contribution is -1.97. The summed E-state index contributed by atoms with van der Waals surface area (Å²) in [7, 11) is 3.19. The van der Waals surface area contributed by atoms with E-state index in [9.17, 15) is 0 Å². The van der Waals surface area contributed by atoms with Crippen LogP contribution in [0.5, 0.6) is 16.7 Å². The molecule has 0 unspecified atom stereocenters. The van der Waals surface area contributed by atoms with E-state index in [1.54, 1.807) is 31.1 Å². The number of imidazole rings is 1. The summed E-state index contributed by atoms with van der Waals surface area (Å²) in [5.74, 6) is 1.89. The van der Waals surface area contributed by atoms with Crippen LogP contribution in [0, 0.1) is 0 Å². The Labute approximate surface area is 214 Å². The van der Waals surface area contributed by atoms with Crippen molar-refractivity contribution in [2.24, 2.45) is 0 Å². The van der Waals surface area contributed by atoms with E-state index >= 15 is 0 Å². The standard InChI is InChI=1S/C26H19ClN4O4S/c1-32-18-9-22(34-14-15-4-3-5-16(8-15)20-7-6-17(27)12-28-20)19-11-24(35-23(19)10-18)21-13-31-25(29-21)36-26(30-31)33-2/h3-13H,14H2,1-2H3. The van der Waals surface area contributed by atoms with E-state index in [-0.39, 0.29) is 0 Å². The van der Waals surface area contributed by atoms with Gasteiger partial charge in [0.05, 0.1) is 36.5 Å². The third-order valence-electron chi connectivity index (χ3n) is 5.60. The molecule has 2 aromatic carbocycles. The van der Waals surface area contributed by atoms with E-state index in [2.05, 4.69) is 15.1 Å². The third kappa shape index (κ3) is 4.23. The summed E-state index contributed by atoms with van der Waals surface area (Å²) in [6.45, 7) is 0.355. The number of methoxy groups -OCH3 is 2. The molecule has 0 saturated carbocycles. The van der Waals surface area contributed by atoms with Crippen LogP contribution >= 0.6 is 22.9 Å². The van der Waals surface area contributed by atoms with Crippen molar-refractivity contribution < 1.29 is 18.6 Å². The molecule has 6 aromatic rings. The minimum atomic E-state index is 0.355. The number of hydrogen-bond acceptors (Lipinski definition) is 8. The highest BCUT2D eigenvalue weighted by atomic mass is 35.5. The lowest BCUT2D eigenvalue weighted by Gasteiger charge is -2.10. The zero-order valence-corrected chi connectivity index (χ0v) is 20.8. The molecule has 0 saturated heterocycles. The molecule has 0 fully saturated rings. The Morgan fingerprint density at radius 3 is 2.72 bits per heavy atom. The van der Waals surface area contributed by atoms with Gasteiger partial charge in [0.2, 0.25) is 4.96 Å². The number of halogens is 1. The molecular weight excluding hydrogens is 500 g/mol. The van der Waals surface area contributed by atoms with Gasteiger partial charge in [-0.1, -0.05) is 29.8 Å². The Kier molecular flexibility index (Phi) is 5.71. The Morgan fingerprint density at radius 2 is 1.94 bits per heavy atom. The van der Waals surface area contributed by atoms with Crippen molar-refractivity contribution >= 4 is 38.9 Å². The highest BCUT2D eigenvalue weighted by Gasteiger charge is 2.17. The van der Waals surface area contributed by atoms with Crippen LogP contribution in [0.3, 0.4) is 0 Å². The molecule has 0 atom stereocenters. The van der Waals surface area contributed by atoms with Gasteiger partial charge >= 0.3 is 0 Å². The van der Waals surface area contributed by atoms with Crippen LogP contribution in [-0.4, -0.2) is 33.8 Å². The second-order valence-corrected chi connectivity index (χ2v) is 9.28. The van der Waals surface area contributed by atoms with Gasteiger partial charge < -0.3 is 18.6 Å². The highest BCUT2D eigenvalue weighted by molar-refractivity contribution is 7.18. The fourth-order valence-corrected chi connectivity index (χ4v) is 4.67. The number of benzene rings is 2. The van der Waals surface area contributed by atoms with Gasteiger partial charge in [0.15, 0.2) is 5.76 Å². The lowest BCUT2D eigenvalue weighted by atomic mass is 10.1. The maximum atomic E-state index is 6.25. The van der Waals surface area contributed by atoms with Crippen LogP contribution in [0.1, 0.15) is 5.56 Å². The molecule has 0 N–H and O–H groups in total. The van der Waals surface area contributed by atoms with E-state index in [0.29, 0.717) is 50.3 Å². The summed E-state index contributed by atoms with van der Waals surface area (Å²) in [6, 6.07) is 17.4. The molecule has 0 amide bonds. The molecule has 0 aliphatic carbocycles. The normalized spacial score (nSPS) is 11.3. The minimum Gasteiger partial charge on any atom is -0.496 e. The van der Waals surface area contributed by atoms with Crippen LogP contribution < -0.4 is 14.2 Å². The maximum Gasteiger partial charge on any atom is 0.294 e. The van der Waals surface area contributed by atoms with Gasteiger partial charge in [-0.3, -0.25) is 4.98 Å². The van der Waals surface area contributed by atoms with E-state index in [4.69, 9.17) is 30.2 Å². The molecule has 0 bridgehead atoms. The summed E-state index contributed by atoms with van der Waals surface area (Å²) >= 11 is 7.33. The number of pyridine rings is 1. The maximum absolute atomic E-state index is 6.25. The summed E-state index contributed by atoms with van der Waals surface area (Å²) in [5, 5.41) is 6.30. The molecule has 8 nitrogen and oxygen atoms in total. The second kappa shape index (κ2) is 9.18. The van der Waals surface area contributed by atoms with Crippen molar-refractivity contribution in [1.29, 1.82) is 0 Å². The minimum absolute atomic E-state index is 0.355. The number of hydrogen-bond donors (Lipinski definition) is 0. The van der Waals surface area contributed by atoms with Crippen LogP contribution in [-0.2, 0) is 6.61 Å². The number of ether oxygens (including phenoxy) is 3. The zero-order chi connectivity index (χ0) is 24.6. The number of rotatable bonds is 7. The van der Waals surface area contributed by atoms with E-state index in [1.807, 2.05) is 54.6 Å². The number of fused-ring (bicyclic) bond motifs is 2. The molecular formula is C26H19ClN4O4S. The van der Waals surface area contributed by atoms with Crippen LogP contribution in [0.15, 0.2) is 71.4 Å². The summed E-state index contributed by atoms with van der Waals surface area (Å²) in [5.41, 5.74) is 4.13. The average Bonchev–Trinajstić information content (AvgIpc) is 3.60. The van der Waals surface area contributed by atoms with E-state index in [1.165, 1.54) is 11.3 Å². The fourth-order valence-electron chi connectivity index (χ4n) is 3.86. The predicted octanol–water partition coefficient (Wildman–Crippen LogP) is 6.52. The topological polar surface area (TPSA) is 83.9 Å². The number of nitrogens with zero attached hydrogens (tertiary/aromatic N) is 4. The monoisotopic (exact) mass is 518 g/mol. The highest BCUT2D eigenvalue weighted by Crippen LogP contribution is 2.37. The molecule has 36 heavy (non-hydrogen) atoms. The first-order valence-electron chi connectivity index (χ1n) is 11.0. The molecule has 0 aliphatic rings. The number of furan rings is 1. The van der Waals surface area contributed by atoms with Crippen molar-refractivity contribution in [3.05, 3.63) is 77.6 Å². The number of aromatic nitrogens is 4. The van der Waals surface area contributed by atoms with Gasteiger partial charge in [-0.15, -0.1) is 5.10 Å². The Bertz CT molecular complexity index is 1660. The predicted molar refractivity (Wildman–Crippen MR) is 138 cm³/mol. The van der Waals surface area contributed by atoms with Gasteiger partial charge in [-0.2, -0.15) is 0 Å². The molecule has 0 spiro atoms. The Morgan fingerprint density at radius 1 is 1.03 bits per heavy atom. The van der Waals surface area contributed by atoms with E-state index < -0.39 is 0 Å². The van der Waals surface area contributed by atoms with Crippen LogP contribution in [0.2, 0.25) is 5.02 Å². The molecule has 0 radical (unpaired) electrons. The summed E-state index contributed by atoms with van der Waals surface area (Å²) in [6.07, 6.45) is 3.44. The summed E-state index contributed by atoms with van der Waals surface area (Å²) in [4.78, 5) is 9.73. The SMILES string of the molecule is COc1cc(OCc2cccc(-c3ccc(Cl)cn3)c2)c2cc(-c3cn4nc(OC)sc4n3)oc2c1. The quantitative estimate of drug-likeness (QED) is 0.238. The summed E-state index contributed by atoms with van der Waals surface area (Å²) < 4.78 is 24.7. The van der Waals surface area contributed by atoms with Crippen molar-refractivity contribution in [2.75, 3.05) is 14.2 Å². The second-order valence-electron chi connectivity index (χ2n) is 7.92. The zero-order valence-electron chi connectivity index (χ0n) is 19.3. The first-order chi connectivity index (χ1) is 17.6. The van der Waals surface area contributed by atoms with Gasteiger partial charge in [-0.25, -0.2) is 9.50 Å². The van der Waals surface area contributed by atoms with Crippen molar-refractivity contribution in [3.63, 3.8) is 0 Å². The molecule has 180 valence electrons. The largest absolute Gasteiger partial charge is 0.496 e. The molecule has 10 heteroatoms.